The van der Waals surface area contributed by atoms with E-state index in [-0.39, 0.29) is 27.6 Å². The molecule has 45 heavy (non-hydrogen) atoms. The molecule has 9 nitrogen and oxygen atoms in total. The third-order valence-corrected chi connectivity index (χ3v) is 10.0. The lowest BCUT2D eigenvalue weighted by Gasteiger charge is -2.50. The van der Waals surface area contributed by atoms with Crippen molar-refractivity contribution in [3.8, 4) is 0 Å². The first-order chi connectivity index (χ1) is 20.9. The van der Waals surface area contributed by atoms with Crippen LogP contribution >= 0.6 is 0 Å². The van der Waals surface area contributed by atoms with E-state index in [1.165, 1.54) is 30.3 Å². The van der Waals surface area contributed by atoms with E-state index in [9.17, 15) is 28.1 Å². The molecule has 1 unspecified atom stereocenters. The molecule has 3 aromatic carbocycles. The van der Waals surface area contributed by atoms with E-state index in [0.717, 1.165) is 15.9 Å². The van der Waals surface area contributed by atoms with Crippen LogP contribution in [0.1, 0.15) is 57.5 Å². The number of nitro benzene ring substituents is 1. The van der Waals surface area contributed by atoms with Crippen molar-refractivity contribution in [1.82, 2.24) is 0 Å². The lowest BCUT2D eigenvalue weighted by molar-refractivity contribution is -0.384. The Morgan fingerprint density at radius 2 is 1.47 bits per heavy atom. The highest BCUT2D eigenvalue weighted by Crippen LogP contribution is 2.49. The van der Waals surface area contributed by atoms with Gasteiger partial charge in [0.05, 0.1) is 21.2 Å². The maximum absolute atomic E-state index is 14.9. The zero-order valence-corrected chi connectivity index (χ0v) is 27.2. The minimum absolute atomic E-state index is 0.0243. The number of nitro groups is 1. The number of allylic oxidation sites excluding steroid dienone is 2. The van der Waals surface area contributed by atoms with Crippen LogP contribution in [0.25, 0.3) is 0 Å². The second-order valence-corrected chi connectivity index (χ2v) is 15.5. The highest BCUT2D eigenvalue weighted by atomic mass is 32.2. The number of benzene rings is 3. The Bertz CT molecular complexity index is 1860. The van der Waals surface area contributed by atoms with Crippen molar-refractivity contribution in [2.24, 2.45) is 10.8 Å². The summed E-state index contributed by atoms with van der Waals surface area (Å²) in [4.78, 5) is 40.0. The van der Waals surface area contributed by atoms with E-state index in [0.29, 0.717) is 16.8 Å². The van der Waals surface area contributed by atoms with Crippen LogP contribution in [0.4, 0.5) is 17.1 Å². The normalized spacial score (nSPS) is 18.1. The molecule has 3 aromatic rings. The number of nitrogens with one attached hydrogen (secondary N) is 1. The van der Waals surface area contributed by atoms with Crippen LogP contribution in [0.3, 0.4) is 0 Å². The van der Waals surface area contributed by atoms with Gasteiger partial charge in [-0.2, -0.15) is 0 Å². The average Bonchev–Trinajstić information content (AvgIpc) is 2.96. The number of hydrogen-bond acceptors (Lipinski definition) is 7. The van der Waals surface area contributed by atoms with Gasteiger partial charge < -0.3 is 5.32 Å². The van der Waals surface area contributed by atoms with Gasteiger partial charge in [-0.3, -0.25) is 24.0 Å². The Hall–Kier alpha value is -4.57. The number of ketones is 2. The molecule has 0 fully saturated rings. The summed E-state index contributed by atoms with van der Waals surface area (Å²) in [6.45, 7) is 13.2. The van der Waals surface area contributed by atoms with Gasteiger partial charge in [-0.1, -0.05) is 83.5 Å². The van der Waals surface area contributed by atoms with Gasteiger partial charge in [0.1, 0.15) is 11.6 Å². The van der Waals surface area contributed by atoms with Crippen LogP contribution in [0.5, 0.6) is 0 Å². The predicted octanol–water partition coefficient (Wildman–Crippen LogP) is 7.04. The van der Waals surface area contributed by atoms with Gasteiger partial charge in [-0.25, -0.2) is 8.42 Å². The minimum atomic E-state index is -4.42. The van der Waals surface area contributed by atoms with Gasteiger partial charge in [0.15, 0.2) is 11.6 Å². The molecule has 234 valence electrons. The number of nitrogens with zero attached hydrogens (tertiary/aromatic N) is 2. The number of hydrogen-bond donors (Lipinski definition) is 1. The van der Waals surface area contributed by atoms with Crippen LogP contribution in [0.2, 0.25) is 0 Å². The number of non-ortho nitro benzene ring substituents is 1. The number of rotatable bonds is 5. The van der Waals surface area contributed by atoms with E-state index in [1.807, 2.05) is 48.5 Å². The topological polar surface area (TPSA) is 127 Å². The molecular formula is C35H37N3O6S. The molecule has 1 heterocycles. The summed E-state index contributed by atoms with van der Waals surface area (Å²) in [5, 5.41) is 15.2. The molecule has 1 N–H and O–H groups in total. The lowest BCUT2D eigenvalue weighted by atomic mass is 9.66. The number of anilines is 2. The highest BCUT2D eigenvalue weighted by Gasteiger charge is 2.55. The van der Waals surface area contributed by atoms with Crippen molar-refractivity contribution >= 4 is 38.7 Å². The first kappa shape index (κ1) is 31.8. The fraction of sp³-hybridized carbons (Fsp3) is 0.314. The monoisotopic (exact) mass is 627 g/mol. The van der Waals surface area contributed by atoms with E-state index in [2.05, 4.69) is 5.32 Å². The zero-order chi connectivity index (χ0) is 33.1. The van der Waals surface area contributed by atoms with Crippen LogP contribution in [0.15, 0.2) is 101 Å². The molecule has 1 spiro atoms. The highest BCUT2D eigenvalue weighted by molar-refractivity contribution is 7.93. The van der Waals surface area contributed by atoms with Gasteiger partial charge in [0.2, 0.25) is 0 Å². The summed E-state index contributed by atoms with van der Waals surface area (Å²) in [7, 11) is -4.42. The van der Waals surface area contributed by atoms with Crippen molar-refractivity contribution in [1.29, 1.82) is 0 Å². The van der Waals surface area contributed by atoms with Crippen molar-refractivity contribution in [2.75, 3.05) is 9.62 Å². The number of sulfonamides is 1. The fourth-order valence-corrected chi connectivity index (χ4v) is 7.57. The second kappa shape index (κ2) is 10.8. The first-order valence-corrected chi connectivity index (χ1v) is 16.1. The van der Waals surface area contributed by atoms with Crippen molar-refractivity contribution in [3.63, 3.8) is 0 Å². The number of aryl methyl sites for hydroxylation is 1. The van der Waals surface area contributed by atoms with Crippen molar-refractivity contribution in [3.05, 3.63) is 117 Å². The van der Waals surface area contributed by atoms with Crippen LogP contribution in [0, 0.1) is 27.9 Å². The quantitative estimate of drug-likeness (QED) is 0.183. The van der Waals surface area contributed by atoms with Crippen LogP contribution < -0.4 is 9.62 Å². The summed E-state index contributed by atoms with van der Waals surface area (Å²) in [5.74, 6) is -0.851. The SMILES string of the molecule is Cc1ccc(S(=O)(=O)N2c3ccccc3NC3(C=C(C(C)(C)C)C(=O)C(C(C)(C)C)=C3)C2C(=O)c2cccc([N+](=O)[O-])c2)cc1. The standard InChI is InChI=1S/C35H37N3O6S/c1-22-15-17-25(18-16-22)45(43,44)37-29-14-9-8-13-28(29)36-35(32(37)30(39)23-11-10-12-24(19-23)38(41)42)20-26(33(2,3)4)31(40)27(21-35)34(5,6)7/h8-21,32,36H,1-7H3. The number of carbonyl (C=O) groups is 2. The molecular weight excluding hydrogens is 590 g/mol. The summed E-state index contributed by atoms with van der Waals surface area (Å²) < 4.78 is 30.6. The molecule has 0 bridgehead atoms. The minimum Gasteiger partial charge on any atom is -0.369 e. The van der Waals surface area contributed by atoms with E-state index in [1.54, 1.807) is 48.6 Å². The average molecular weight is 628 g/mol. The van der Waals surface area contributed by atoms with E-state index in [4.69, 9.17) is 0 Å². The first-order valence-electron chi connectivity index (χ1n) is 14.7. The van der Waals surface area contributed by atoms with Crippen LogP contribution in [-0.4, -0.2) is 36.5 Å². The molecule has 1 aliphatic heterocycles. The third kappa shape index (κ3) is 5.59. The summed E-state index contributed by atoms with van der Waals surface area (Å²) in [6.07, 6.45) is 3.36. The Labute approximate surface area is 263 Å². The van der Waals surface area contributed by atoms with Gasteiger partial charge in [0, 0.05) is 28.8 Å². The predicted molar refractivity (Wildman–Crippen MR) is 175 cm³/mol. The number of fused-ring (bicyclic) bond motifs is 1. The number of para-hydroxylation sites is 2. The zero-order valence-electron chi connectivity index (χ0n) is 26.4. The molecule has 0 aromatic heterocycles. The molecule has 0 saturated carbocycles. The summed E-state index contributed by atoms with van der Waals surface area (Å²) in [5.41, 5.74) is -0.849. The maximum Gasteiger partial charge on any atom is 0.270 e. The van der Waals surface area contributed by atoms with Gasteiger partial charge in [-0.05, 0) is 54.2 Å². The van der Waals surface area contributed by atoms with E-state index < -0.39 is 43.1 Å². The third-order valence-electron chi connectivity index (χ3n) is 8.22. The molecule has 2 aliphatic rings. The lowest BCUT2D eigenvalue weighted by Crippen LogP contribution is -2.65. The van der Waals surface area contributed by atoms with Gasteiger partial charge in [0.25, 0.3) is 15.7 Å². The molecule has 10 heteroatoms. The fourth-order valence-electron chi connectivity index (χ4n) is 5.89. The maximum atomic E-state index is 14.9. The number of Topliss-reactive ketones (excluding diaryl/α,β-unsaturated/α-hetero) is 2. The number of carbonyl (C=O) groups excluding carboxylic acids is 2. The second-order valence-electron chi connectivity index (χ2n) is 13.7. The molecule has 0 saturated heterocycles. The van der Waals surface area contributed by atoms with Crippen molar-refractivity contribution < 1.29 is 22.9 Å². The summed E-state index contributed by atoms with van der Waals surface area (Å²) >= 11 is 0. The Kier molecular flexibility index (Phi) is 7.64. The van der Waals surface area contributed by atoms with E-state index >= 15 is 0 Å². The molecule has 1 aliphatic carbocycles. The largest absolute Gasteiger partial charge is 0.369 e. The Morgan fingerprint density at radius 3 is 2.02 bits per heavy atom. The Balaban J connectivity index is 1.91. The summed E-state index contributed by atoms with van der Waals surface area (Å²) in [6, 6.07) is 16.9. The molecule has 1 atom stereocenters. The molecule has 0 radical (unpaired) electrons. The molecule has 5 rings (SSSR count). The van der Waals surface area contributed by atoms with Crippen LogP contribution in [-0.2, 0) is 14.8 Å². The smallest absolute Gasteiger partial charge is 0.270 e. The van der Waals surface area contributed by atoms with Crippen molar-refractivity contribution in [2.45, 2.75) is 64.9 Å². The Morgan fingerprint density at radius 1 is 0.889 bits per heavy atom. The van der Waals surface area contributed by atoms with Gasteiger partial charge >= 0.3 is 0 Å². The molecule has 0 amide bonds. The van der Waals surface area contributed by atoms with Gasteiger partial charge in [-0.15, -0.1) is 0 Å².